The van der Waals surface area contributed by atoms with Crippen LogP contribution in [-0.4, -0.2) is 38.4 Å². The topological polar surface area (TPSA) is 68.1 Å². The van der Waals surface area contributed by atoms with Gasteiger partial charge in [0.25, 0.3) is 11.5 Å². The van der Waals surface area contributed by atoms with Gasteiger partial charge in [-0.15, -0.1) is 0 Å². The smallest absolute Gasteiger partial charge is 0.258 e. The Hall–Kier alpha value is -3.54. The van der Waals surface area contributed by atoms with Gasteiger partial charge in [0, 0.05) is 42.8 Å². The van der Waals surface area contributed by atoms with Crippen molar-refractivity contribution in [2.75, 3.05) is 7.05 Å². The summed E-state index contributed by atoms with van der Waals surface area (Å²) in [5.41, 5.74) is 3.64. The summed E-state index contributed by atoms with van der Waals surface area (Å²) in [4.78, 5) is 36.5. The summed E-state index contributed by atoms with van der Waals surface area (Å²) in [7, 11) is 3.64. The third kappa shape index (κ3) is 3.48. The van der Waals surface area contributed by atoms with Gasteiger partial charge in [0.05, 0.1) is 22.9 Å². The van der Waals surface area contributed by atoms with Crippen LogP contribution in [0.5, 0.6) is 0 Å². The van der Waals surface area contributed by atoms with E-state index in [1.807, 2.05) is 54.4 Å². The minimum atomic E-state index is -0.0248. The van der Waals surface area contributed by atoms with Gasteiger partial charge in [-0.25, -0.2) is 4.98 Å². The van der Waals surface area contributed by atoms with Crippen molar-refractivity contribution in [3.05, 3.63) is 70.8 Å². The maximum atomic E-state index is 13.0. The van der Waals surface area contributed by atoms with Gasteiger partial charge < -0.3 is 9.47 Å². The molecule has 0 saturated heterocycles. The quantitative estimate of drug-likeness (QED) is 0.507. The van der Waals surface area contributed by atoms with Crippen LogP contribution in [0.1, 0.15) is 36.0 Å². The van der Waals surface area contributed by atoms with Gasteiger partial charge in [-0.3, -0.25) is 14.6 Å². The molecule has 6 nitrogen and oxygen atoms in total. The lowest BCUT2D eigenvalue weighted by molar-refractivity contribution is 0.0735. The SMILES string of the molecule is CN(C(=O)c1ccc2ncc(-c3ccc4c(=O)n(C)ccc4c3)nc2c1)C1CCCC1. The largest absolute Gasteiger partial charge is 0.339 e. The predicted molar refractivity (Wildman–Crippen MR) is 122 cm³/mol. The minimum Gasteiger partial charge on any atom is -0.339 e. The lowest BCUT2D eigenvalue weighted by atomic mass is 10.1. The molecule has 0 radical (unpaired) electrons. The molecule has 0 aliphatic heterocycles. The van der Waals surface area contributed by atoms with E-state index in [2.05, 4.69) is 4.98 Å². The van der Waals surface area contributed by atoms with Gasteiger partial charge in [0.15, 0.2) is 0 Å². The van der Waals surface area contributed by atoms with Crippen LogP contribution in [0.2, 0.25) is 0 Å². The number of nitrogens with zero attached hydrogens (tertiary/aromatic N) is 4. The molecule has 5 rings (SSSR count). The molecule has 0 spiro atoms. The first-order valence-electron chi connectivity index (χ1n) is 10.6. The number of carbonyl (C=O) groups is 1. The van der Waals surface area contributed by atoms with E-state index in [1.165, 1.54) is 12.8 Å². The van der Waals surface area contributed by atoms with Crippen molar-refractivity contribution in [1.29, 1.82) is 0 Å². The highest BCUT2D eigenvalue weighted by Gasteiger charge is 2.24. The van der Waals surface area contributed by atoms with Crippen molar-refractivity contribution < 1.29 is 4.79 Å². The van der Waals surface area contributed by atoms with Gasteiger partial charge in [-0.05, 0) is 54.6 Å². The molecule has 31 heavy (non-hydrogen) atoms. The Bertz CT molecular complexity index is 1370. The summed E-state index contributed by atoms with van der Waals surface area (Å²) in [6.45, 7) is 0. The van der Waals surface area contributed by atoms with Crippen LogP contribution in [0.25, 0.3) is 33.1 Å². The number of amides is 1. The van der Waals surface area contributed by atoms with Crippen LogP contribution in [0.4, 0.5) is 0 Å². The number of benzene rings is 2. The first kappa shape index (κ1) is 19.4. The highest BCUT2D eigenvalue weighted by Crippen LogP contribution is 2.26. The summed E-state index contributed by atoms with van der Waals surface area (Å²) in [5.74, 6) is 0.0301. The molecule has 2 aromatic heterocycles. The molecule has 156 valence electrons. The molecule has 1 fully saturated rings. The number of rotatable bonds is 3. The summed E-state index contributed by atoms with van der Waals surface area (Å²) in [6, 6.07) is 13.4. The predicted octanol–water partition coefficient (Wildman–Crippen LogP) is 4.16. The standard InChI is InChI=1S/C25H24N4O2/c1-28-12-11-16-13-17(7-9-20(16)25(28)31)23-15-26-21-10-8-18(14-22(21)27-23)24(30)29(2)19-5-3-4-6-19/h7-15,19H,3-6H2,1-2H3. The lowest BCUT2D eigenvalue weighted by Crippen LogP contribution is -2.35. The average Bonchev–Trinajstić information content (AvgIpc) is 3.34. The number of pyridine rings is 1. The molecular formula is C25H24N4O2. The van der Waals surface area contributed by atoms with E-state index < -0.39 is 0 Å². The molecular weight excluding hydrogens is 388 g/mol. The molecule has 1 aliphatic carbocycles. The first-order chi connectivity index (χ1) is 15.0. The molecule has 0 N–H and O–H groups in total. The molecule has 1 saturated carbocycles. The Morgan fingerprint density at radius 2 is 1.87 bits per heavy atom. The molecule has 0 unspecified atom stereocenters. The Labute approximate surface area is 180 Å². The van der Waals surface area contributed by atoms with Gasteiger partial charge >= 0.3 is 0 Å². The fourth-order valence-corrected chi connectivity index (χ4v) is 4.45. The maximum Gasteiger partial charge on any atom is 0.258 e. The van der Waals surface area contributed by atoms with Crippen molar-refractivity contribution in [2.45, 2.75) is 31.7 Å². The molecule has 1 amide bonds. The van der Waals surface area contributed by atoms with E-state index in [0.717, 1.165) is 29.3 Å². The van der Waals surface area contributed by atoms with Crippen LogP contribution in [0.15, 0.2) is 59.7 Å². The molecule has 0 atom stereocenters. The zero-order chi connectivity index (χ0) is 21.5. The van der Waals surface area contributed by atoms with E-state index in [0.29, 0.717) is 28.2 Å². The molecule has 2 aromatic carbocycles. The van der Waals surface area contributed by atoms with Crippen molar-refractivity contribution in [2.24, 2.45) is 7.05 Å². The molecule has 0 bridgehead atoms. The van der Waals surface area contributed by atoms with Crippen molar-refractivity contribution in [3.8, 4) is 11.3 Å². The molecule has 6 heteroatoms. The second kappa shape index (κ2) is 7.61. The van der Waals surface area contributed by atoms with Gasteiger partial charge in [-0.1, -0.05) is 18.9 Å². The number of fused-ring (bicyclic) bond motifs is 2. The second-order valence-electron chi connectivity index (χ2n) is 8.35. The highest BCUT2D eigenvalue weighted by atomic mass is 16.2. The molecule has 4 aromatic rings. The first-order valence-corrected chi connectivity index (χ1v) is 10.6. The lowest BCUT2D eigenvalue weighted by Gasteiger charge is -2.24. The monoisotopic (exact) mass is 412 g/mol. The number of aryl methyl sites for hydroxylation is 1. The minimum absolute atomic E-state index is 0.0248. The third-order valence-electron chi connectivity index (χ3n) is 6.36. The van der Waals surface area contributed by atoms with Crippen LogP contribution in [-0.2, 0) is 7.05 Å². The Kier molecular flexibility index (Phi) is 4.77. The fourth-order valence-electron chi connectivity index (χ4n) is 4.45. The molecule has 2 heterocycles. The Morgan fingerprint density at radius 3 is 2.68 bits per heavy atom. The van der Waals surface area contributed by atoms with Crippen molar-refractivity contribution in [1.82, 2.24) is 19.4 Å². The van der Waals surface area contributed by atoms with E-state index in [4.69, 9.17) is 4.98 Å². The number of aromatic nitrogens is 3. The van der Waals surface area contributed by atoms with E-state index >= 15 is 0 Å². The number of hydrogen-bond donors (Lipinski definition) is 0. The zero-order valence-electron chi connectivity index (χ0n) is 17.7. The van der Waals surface area contributed by atoms with E-state index in [-0.39, 0.29) is 11.5 Å². The van der Waals surface area contributed by atoms with Gasteiger partial charge in [0.2, 0.25) is 0 Å². The van der Waals surface area contributed by atoms with E-state index in [1.54, 1.807) is 24.0 Å². The zero-order valence-corrected chi connectivity index (χ0v) is 17.7. The summed E-state index contributed by atoms with van der Waals surface area (Å²) in [6.07, 6.45) is 8.02. The summed E-state index contributed by atoms with van der Waals surface area (Å²) < 4.78 is 1.57. The van der Waals surface area contributed by atoms with E-state index in [9.17, 15) is 9.59 Å². The highest BCUT2D eigenvalue weighted by molar-refractivity contribution is 5.97. The molecule has 1 aliphatic rings. The maximum absolute atomic E-state index is 13.0. The van der Waals surface area contributed by atoms with Gasteiger partial charge in [-0.2, -0.15) is 0 Å². The summed E-state index contributed by atoms with van der Waals surface area (Å²) >= 11 is 0. The van der Waals surface area contributed by atoms with Crippen LogP contribution < -0.4 is 5.56 Å². The number of carbonyl (C=O) groups excluding carboxylic acids is 1. The third-order valence-corrected chi connectivity index (χ3v) is 6.36. The fraction of sp³-hybridized carbons (Fsp3) is 0.280. The average molecular weight is 412 g/mol. The van der Waals surface area contributed by atoms with Crippen molar-refractivity contribution >= 4 is 27.7 Å². The number of hydrogen-bond acceptors (Lipinski definition) is 4. The summed E-state index contributed by atoms with van der Waals surface area (Å²) in [5, 5.41) is 1.54. The Morgan fingerprint density at radius 1 is 1.06 bits per heavy atom. The van der Waals surface area contributed by atoms with Crippen LogP contribution in [0.3, 0.4) is 0 Å². The van der Waals surface area contributed by atoms with Crippen molar-refractivity contribution in [3.63, 3.8) is 0 Å². The normalized spacial score (nSPS) is 14.4. The van der Waals surface area contributed by atoms with Crippen LogP contribution in [0, 0.1) is 0 Å². The Balaban J connectivity index is 1.52. The van der Waals surface area contributed by atoms with Crippen LogP contribution >= 0.6 is 0 Å². The second-order valence-corrected chi connectivity index (χ2v) is 8.35. The van der Waals surface area contributed by atoms with Gasteiger partial charge in [0.1, 0.15) is 0 Å².